The first-order valence-corrected chi connectivity index (χ1v) is 6.34. The molecule has 0 atom stereocenters. The van der Waals surface area contributed by atoms with E-state index in [1.165, 1.54) is 11.7 Å². The number of hydrogen-bond acceptors (Lipinski definition) is 4. The summed E-state index contributed by atoms with van der Waals surface area (Å²) in [4.78, 5) is 15.7. The molecule has 0 N–H and O–H groups in total. The molecule has 0 saturated heterocycles. The van der Waals surface area contributed by atoms with Gasteiger partial charge in [0.2, 0.25) is 0 Å². The molecule has 3 rings (SSSR count). The lowest BCUT2D eigenvalue weighted by atomic mass is 9.97. The van der Waals surface area contributed by atoms with Crippen LogP contribution in [-0.4, -0.2) is 23.7 Å². The number of ether oxygens (including phenoxy) is 2. The van der Waals surface area contributed by atoms with Crippen LogP contribution in [0.1, 0.15) is 9.68 Å². The Morgan fingerprint density at radius 2 is 2.15 bits per heavy atom. The van der Waals surface area contributed by atoms with Gasteiger partial charge in [0.25, 0.3) is 0 Å². The Hall–Kier alpha value is -2.01. The van der Waals surface area contributed by atoms with E-state index in [2.05, 4.69) is 4.98 Å². The fourth-order valence-corrected chi connectivity index (χ4v) is 2.61. The predicted octanol–water partition coefficient (Wildman–Crippen LogP) is 2.14. The van der Waals surface area contributed by atoms with E-state index in [1.54, 1.807) is 18.2 Å². The van der Waals surface area contributed by atoms with Gasteiger partial charge in [-0.1, -0.05) is 11.6 Å². The molecule has 5 nitrogen and oxygen atoms in total. The van der Waals surface area contributed by atoms with Crippen molar-refractivity contribution < 1.29 is 13.6 Å². The Bertz CT molecular complexity index is 833. The van der Waals surface area contributed by atoms with Crippen LogP contribution in [-0.2, 0) is 13.0 Å². The van der Waals surface area contributed by atoms with Crippen molar-refractivity contribution in [1.82, 2.24) is 9.55 Å². The molecule has 0 amide bonds. The molecule has 20 heavy (non-hydrogen) atoms. The standard InChI is InChI=1S/C14H13ClN2O3/c1-19-11-5-8-3-4-17-10(7-13(15)16-14(17)18)9(8)6-12(11)20-2/h5-7H,3-4H2,1-2H3/i1D3. The van der Waals surface area contributed by atoms with Gasteiger partial charge in [0.1, 0.15) is 5.15 Å². The molecule has 0 fully saturated rings. The Morgan fingerprint density at radius 3 is 2.90 bits per heavy atom. The van der Waals surface area contributed by atoms with E-state index < -0.39 is 12.7 Å². The van der Waals surface area contributed by atoms with E-state index >= 15 is 0 Å². The van der Waals surface area contributed by atoms with Crippen LogP contribution in [0.25, 0.3) is 11.3 Å². The lowest BCUT2D eigenvalue weighted by molar-refractivity contribution is 0.354. The molecule has 0 saturated carbocycles. The minimum Gasteiger partial charge on any atom is -0.493 e. The first kappa shape index (κ1) is 9.83. The number of aromatic nitrogens is 2. The van der Waals surface area contributed by atoms with Gasteiger partial charge >= 0.3 is 5.69 Å². The molecule has 0 bridgehead atoms. The summed E-state index contributed by atoms with van der Waals surface area (Å²) in [5, 5.41) is 0.107. The summed E-state index contributed by atoms with van der Waals surface area (Å²) in [5.41, 5.74) is 1.80. The van der Waals surface area contributed by atoms with Crippen LogP contribution in [0.2, 0.25) is 5.15 Å². The van der Waals surface area contributed by atoms with Gasteiger partial charge in [-0.3, -0.25) is 4.57 Å². The normalized spacial score (nSPS) is 15.4. The van der Waals surface area contributed by atoms with Gasteiger partial charge in [-0.2, -0.15) is 4.98 Å². The zero-order valence-electron chi connectivity index (χ0n) is 13.6. The van der Waals surface area contributed by atoms with Crippen molar-refractivity contribution in [1.29, 1.82) is 0 Å². The highest BCUT2D eigenvalue weighted by molar-refractivity contribution is 6.29. The number of fused-ring (bicyclic) bond motifs is 3. The molecule has 0 unspecified atom stereocenters. The molecule has 1 aromatic heterocycles. The Morgan fingerprint density at radius 1 is 1.35 bits per heavy atom. The minimum atomic E-state index is -2.57. The number of hydrogen-bond donors (Lipinski definition) is 0. The number of benzene rings is 1. The van der Waals surface area contributed by atoms with E-state index in [4.69, 9.17) is 25.2 Å². The van der Waals surface area contributed by atoms with Crippen molar-refractivity contribution in [2.24, 2.45) is 0 Å². The van der Waals surface area contributed by atoms with Gasteiger partial charge in [-0.25, -0.2) is 4.79 Å². The lowest BCUT2D eigenvalue weighted by Crippen LogP contribution is -2.28. The van der Waals surface area contributed by atoms with E-state index in [0.717, 1.165) is 11.1 Å². The Balaban J connectivity index is 2.18. The first-order chi connectivity index (χ1) is 10.8. The molecular formula is C14H13ClN2O3. The maximum absolute atomic E-state index is 11.9. The molecule has 1 aliphatic rings. The summed E-state index contributed by atoms with van der Waals surface area (Å²) in [5.74, 6) is 0.413. The molecule has 2 aromatic rings. The highest BCUT2D eigenvalue weighted by Crippen LogP contribution is 2.38. The quantitative estimate of drug-likeness (QED) is 0.797. The highest BCUT2D eigenvalue weighted by Gasteiger charge is 2.21. The van der Waals surface area contributed by atoms with Crippen LogP contribution >= 0.6 is 11.6 Å². The van der Waals surface area contributed by atoms with Crippen molar-refractivity contribution in [2.75, 3.05) is 14.1 Å². The average molecular weight is 296 g/mol. The number of aryl methyl sites for hydroxylation is 1. The Kier molecular flexibility index (Phi) is 2.37. The summed E-state index contributed by atoms with van der Waals surface area (Å²) in [6.45, 7) is 0.435. The van der Waals surface area contributed by atoms with Gasteiger partial charge in [-0.05, 0) is 24.1 Å². The molecule has 104 valence electrons. The highest BCUT2D eigenvalue weighted by atomic mass is 35.5. The smallest absolute Gasteiger partial charge is 0.349 e. The molecule has 6 heteroatoms. The molecular weight excluding hydrogens is 280 g/mol. The summed E-state index contributed by atoms with van der Waals surface area (Å²) in [6.07, 6.45) is 0.549. The molecule has 0 aliphatic carbocycles. The van der Waals surface area contributed by atoms with E-state index in [9.17, 15) is 4.79 Å². The van der Waals surface area contributed by atoms with Crippen molar-refractivity contribution >= 4 is 11.6 Å². The van der Waals surface area contributed by atoms with Crippen LogP contribution in [0.4, 0.5) is 0 Å². The molecule has 1 aromatic carbocycles. The second kappa shape index (κ2) is 4.83. The van der Waals surface area contributed by atoms with Crippen LogP contribution in [0.3, 0.4) is 0 Å². The third-order valence-electron chi connectivity index (χ3n) is 3.36. The molecule has 2 heterocycles. The zero-order valence-corrected chi connectivity index (χ0v) is 11.4. The largest absolute Gasteiger partial charge is 0.493 e. The van der Waals surface area contributed by atoms with Crippen LogP contribution < -0.4 is 15.2 Å². The van der Waals surface area contributed by atoms with E-state index in [-0.39, 0.29) is 16.7 Å². The third-order valence-corrected chi connectivity index (χ3v) is 3.55. The first-order valence-electron chi connectivity index (χ1n) is 7.46. The maximum atomic E-state index is 11.9. The molecule has 0 radical (unpaired) electrons. The monoisotopic (exact) mass is 295 g/mol. The number of nitrogens with zero attached hydrogens (tertiary/aromatic N) is 2. The second-order valence-corrected chi connectivity index (χ2v) is 4.80. The third kappa shape index (κ3) is 1.94. The summed E-state index contributed by atoms with van der Waals surface area (Å²) in [7, 11) is -1.15. The summed E-state index contributed by atoms with van der Waals surface area (Å²) < 4.78 is 33.5. The SMILES string of the molecule is [2H]C([2H])([2H])Oc1cc2c(cc1OC)-c1cc(Cl)nc(=O)n1CC2. The molecule has 0 spiro atoms. The Labute approximate surface area is 124 Å². The van der Waals surface area contributed by atoms with Crippen molar-refractivity contribution in [2.45, 2.75) is 13.0 Å². The van der Waals surface area contributed by atoms with Crippen molar-refractivity contribution in [3.63, 3.8) is 0 Å². The van der Waals surface area contributed by atoms with Crippen molar-refractivity contribution in [3.8, 4) is 22.8 Å². The van der Waals surface area contributed by atoms with Crippen LogP contribution in [0, 0.1) is 0 Å². The number of rotatable bonds is 2. The van der Waals surface area contributed by atoms with Gasteiger partial charge in [-0.15, -0.1) is 0 Å². The minimum absolute atomic E-state index is 0.107. The lowest BCUT2D eigenvalue weighted by Gasteiger charge is -2.22. The topological polar surface area (TPSA) is 53.4 Å². The summed E-state index contributed by atoms with van der Waals surface area (Å²) >= 11 is 5.89. The van der Waals surface area contributed by atoms with Crippen molar-refractivity contribution in [3.05, 3.63) is 39.4 Å². The van der Waals surface area contributed by atoms with E-state index in [1.807, 2.05) is 0 Å². The van der Waals surface area contributed by atoms with Crippen LogP contribution in [0.5, 0.6) is 11.5 Å². The predicted molar refractivity (Wildman–Crippen MR) is 75.8 cm³/mol. The van der Waals surface area contributed by atoms with Gasteiger partial charge in [0, 0.05) is 18.2 Å². The summed E-state index contributed by atoms with van der Waals surface area (Å²) in [6, 6.07) is 4.88. The maximum Gasteiger partial charge on any atom is 0.349 e. The number of methoxy groups -OCH3 is 2. The number of halogens is 1. The van der Waals surface area contributed by atoms with Crippen LogP contribution in [0.15, 0.2) is 23.0 Å². The van der Waals surface area contributed by atoms with Gasteiger partial charge < -0.3 is 9.47 Å². The van der Waals surface area contributed by atoms with Gasteiger partial charge in [0.05, 0.1) is 24.0 Å². The average Bonchev–Trinajstić information content (AvgIpc) is 2.44. The fourth-order valence-electron chi connectivity index (χ4n) is 2.44. The second-order valence-electron chi connectivity index (χ2n) is 4.41. The molecule has 1 aliphatic heterocycles. The van der Waals surface area contributed by atoms with E-state index in [0.29, 0.717) is 18.7 Å². The van der Waals surface area contributed by atoms with Gasteiger partial charge in [0.15, 0.2) is 11.5 Å². The fraction of sp³-hybridized carbons (Fsp3) is 0.286. The zero-order chi connectivity index (χ0) is 16.8.